The first kappa shape index (κ1) is 14.1. The molecule has 21 heavy (non-hydrogen) atoms. The molecule has 0 atom stereocenters. The third-order valence-electron chi connectivity index (χ3n) is 3.46. The molecule has 1 saturated carbocycles. The van der Waals surface area contributed by atoms with Gasteiger partial charge in [-0.05, 0) is 43.5 Å². The molecule has 3 rings (SSSR count). The number of hydrogen-bond donors (Lipinski definition) is 1. The molecule has 0 spiro atoms. The van der Waals surface area contributed by atoms with Crippen molar-refractivity contribution in [2.75, 3.05) is 0 Å². The van der Waals surface area contributed by atoms with Crippen LogP contribution >= 0.6 is 0 Å². The molecule has 1 aromatic heterocycles. The molecule has 1 fully saturated rings. The fourth-order valence-electron chi connectivity index (χ4n) is 2.10. The minimum atomic E-state index is -0.714. The lowest BCUT2D eigenvalue weighted by Crippen LogP contribution is -2.15. The fourth-order valence-corrected chi connectivity index (χ4v) is 2.10. The summed E-state index contributed by atoms with van der Waals surface area (Å²) in [4.78, 5) is 0. The number of nitrogens with one attached hydrogen (secondary N) is 1. The Kier molecular flexibility index (Phi) is 3.92. The van der Waals surface area contributed by atoms with Crippen LogP contribution in [0, 0.1) is 18.6 Å². The van der Waals surface area contributed by atoms with Crippen molar-refractivity contribution < 1.29 is 17.9 Å². The molecule has 1 aliphatic carbocycles. The van der Waals surface area contributed by atoms with Gasteiger partial charge in [0.05, 0.1) is 6.54 Å². The highest BCUT2D eigenvalue weighted by Gasteiger charge is 2.21. The van der Waals surface area contributed by atoms with E-state index in [1.165, 1.54) is 18.9 Å². The number of halogens is 2. The Labute approximate surface area is 121 Å². The molecule has 112 valence electrons. The second-order valence-corrected chi connectivity index (χ2v) is 5.34. The standard InChI is InChI=1S/C16H17F2NO2/c1-10-6-13(21-16(10)8-19-12-3-4-12)9-20-15-5-2-11(17)7-14(15)18/h2,5-7,12,19H,3-4,8-9H2,1H3. The predicted molar refractivity (Wildman–Crippen MR) is 74.0 cm³/mol. The van der Waals surface area contributed by atoms with E-state index in [9.17, 15) is 8.78 Å². The van der Waals surface area contributed by atoms with Crippen LogP contribution in [0.3, 0.4) is 0 Å². The summed E-state index contributed by atoms with van der Waals surface area (Å²) in [5, 5.41) is 3.38. The van der Waals surface area contributed by atoms with Crippen molar-refractivity contribution in [2.24, 2.45) is 0 Å². The molecule has 0 radical (unpaired) electrons. The van der Waals surface area contributed by atoms with E-state index in [1.807, 2.05) is 13.0 Å². The van der Waals surface area contributed by atoms with Gasteiger partial charge in [-0.1, -0.05) is 0 Å². The number of furan rings is 1. The lowest BCUT2D eigenvalue weighted by atomic mass is 10.2. The maximum atomic E-state index is 13.4. The highest BCUT2D eigenvalue weighted by atomic mass is 19.1. The summed E-state index contributed by atoms with van der Waals surface area (Å²) >= 11 is 0. The molecular formula is C16H17F2NO2. The van der Waals surface area contributed by atoms with Gasteiger partial charge in [-0.3, -0.25) is 0 Å². The van der Waals surface area contributed by atoms with Crippen LogP contribution in [0.2, 0.25) is 0 Å². The fraction of sp³-hybridized carbons (Fsp3) is 0.375. The van der Waals surface area contributed by atoms with Crippen molar-refractivity contribution >= 4 is 0 Å². The van der Waals surface area contributed by atoms with Crippen LogP contribution in [0.15, 0.2) is 28.7 Å². The zero-order valence-corrected chi connectivity index (χ0v) is 11.8. The number of ether oxygens (including phenoxy) is 1. The summed E-state index contributed by atoms with van der Waals surface area (Å²) in [5.41, 5.74) is 1.04. The van der Waals surface area contributed by atoms with E-state index in [2.05, 4.69) is 5.32 Å². The second kappa shape index (κ2) is 5.85. The van der Waals surface area contributed by atoms with Crippen LogP contribution in [0.4, 0.5) is 8.78 Å². The van der Waals surface area contributed by atoms with Gasteiger partial charge in [0.1, 0.15) is 23.9 Å². The molecule has 0 unspecified atom stereocenters. The topological polar surface area (TPSA) is 34.4 Å². The SMILES string of the molecule is Cc1cc(COc2ccc(F)cc2F)oc1CNC1CC1. The molecule has 1 N–H and O–H groups in total. The first-order chi connectivity index (χ1) is 10.1. The number of rotatable bonds is 6. The first-order valence-corrected chi connectivity index (χ1v) is 7.01. The molecule has 0 amide bonds. The molecule has 1 aromatic carbocycles. The zero-order chi connectivity index (χ0) is 14.8. The van der Waals surface area contributed by atoms with Crippen molar-refractivity contribution in [2.45, 2.75) is 39.0 Å². The average molecular weight is 293 g/mol. The molecule has 1 aliphatic rings. The van der Waals surface area contributed by atoms with E-state index in [0.29, 0.717) is 18.3 Å². The van der Waals surface area contributed by atoms with Gasteiger partial charge in [0, 0.05) is 12.1 Å². The van der Waals surface area contributed by atoms with E-state index in [4.69, 9.17) is 9.15 Å². The lowest BCUT2D eigenvalue weighted by molar-refractivity contribution is 0.253. The quantitative estimate of drug-likeness (QED) is 0.882. The van der Waals surface area contributed by atoms with Crippen LogP contribution in [0.1, 0.15) is 29.9 Å². The Morgan fingerprint density at radius 3 is 2.81 bits per heavy atom. The van der Waals surface area contributed by atoms with Gasteiger partial charge in [-0.25, -0.2) is 8.78 Å². The third-order valence-corrected chi connectivity index (χ3v) is 3.46. The summed E-state index contributed by atoms with van der Waals surface area (Å²) in [6.45, 7) is 2.78. The van der Waals surface area contributed by atoms with Gasteiger partial charge in [0.25, 0.3) is 0 Å². The molecule has 2 aromatic rings. The molecule has 1 heterocycles. The zero-order valence-electron chi connectivity index (χ0n) is 11.8. The summed E-state index contributed by atoms with van der Waals surface area (Å²) in [5.74, 6) is 0.183. The molecule has 0 saturated heterocycles. The predicted octanol–water partition coefficient (Wildman–Crippen LogP) is 3.70. The van der Waals surface area contributed by atoms with E-state index >= 15 is 0 Å². The van der Waals surface area contributed by atoms with Crippen molar-refractivity contribution in [3.8, 4) is 5.75 Å². The third kappa shape index (κ3) is 3.61. The average Bonchev–Trinajstić information content (AvgIpc) is 3.20. The van der Waals surface area contributed by atoms with Gasteiger partial charge in [-0.2, -0.15) is 0 Å². The van der Waals surface area contributed by atoms with Crippen molar-refractivity contribution in [3.63, 3.8) is 0 Å². The monoisotopic (exact) mass is 293 g/mol. The van der Waals surface area contributed by atoms with Gasteiger partial charge in [0.15, 0.2) is 11.6 Å². The van der Waals surface area contributed by atoms with Gasteiger partial charge >= 0.3 is 0 Å². The Hall–Kier alpha value is -1.88. The maximum Gasteiger partial charge on any atom is 0.167 e. The van der Waals surface area contributed by atoms with Gasteiger partial charge < -0.3 is 14.5 Å². The van der Waals surface area contributed by atoms with Crippen LogP contribution in [-0.4, -0.2) is 6.04 Å². The summed E-state index contributed by atoms with van der Waals surface area (Å²) < 4.78 is 37.3. The highest BCUT2D eigenvalue weighted by Crippen LogP contribution is 2.23. The molecule has 5 heteroatoms. The summed E-state index contributed by atoms with van der Waals surface area (Å²) in [6, 6.07) is 5.73. The van der Waals surface area contributed by atoms with Crippen LogP contribution in [-0.2, 0) is 13.2 Å². The summed E-state index contributed by atoms with van der Waals surface area (Å²) in [7, 11) is 0. The van der Waals surface area contributed by atoms with E-state index in [0.717, 1.165) is 23.5 Å². The maximum absolute atomic E-state index is 13.4. The smallest absolute Gasteiger partial charge is 0.167 e. The molecule has 0 bridgehead atoms. The largest absolute Gasteiger partial charge is 0.483 e. The van der Waals surface area contributed by atoms with E-state index in [-0.39, 0.29) is 12.4 Å². The van der Waals surface area contributed by atoms with Crippen LogP contribution in [0.25, 0.3) is 0 Å². The van der Waals surface area contributed by atoms with Crippen molar-refractivity contribution in [1.82, 2.24) is 5.32 Å². The minimum Gasteiger partial charge on any atom is -0.483 e. The normalized spacial score (nSPS) is 14.4. The highest BCUT2D eigenvalue weighted by molar-refractivity contribution is 5.25. The second-order valence-electron chi connectivity index (χ2n) is 5.34. The number of hydrogen-bond acceptors (Lipinski definition) is 3. The number of benzene rings is 1. The molecule has 0 aliphatic heterocycles. The minimum absolute atomic E-state index is 0.0168. The van der Waals surface area contributed by atoms with Crippen molar-refractivity contribution in [1.29, 1.82) is 0 Å². The van der Waals surface area contributed by atoms with E-state index in [1.54, 1.807) is 0 Å². The van der Waals surface area contributed by atoms with Gasteiger partial charge in [0.2, 0.25) is 0 Å². The summed E-state index contributed by atoms with van der Waals surface area (Å²) in [6.07, 6.45) is 2.44. The van der Waals surface area contributed by atoms with Crippen molar-refractivity contribution in [3.05, 3.63) is 53.0 Å². The Balaban J connectivity index is 1.60. The number of aryl methyl sites for hydroxylation is 1. The Morgan fingerprint density at radius 2 is 2.10 bits per heavy atom. The van der Waals surface area contributed by atoms with E-state index < -0.39 is 11.6 Å². The Morgan fingerprint density at radius 1 is 1.29 bits per heavy atom. The Bertz CT molecular complexity index is 635. The molecular weight excluding hydrogens is 276 g/mol. The van der Waals surface area contributed by atoms with Gasteiger partial charge in [-0.15, -0.1) is 0 Å². The van der Waals surface area contributed by atoms with Crippen LogP contribution < -0.4 is 10.1 Å². The lowest BCUT2D eigenvalue weighted by Gasteiger charge is -2.05. The van der Waals surface area contributed by atoms with Crippen LogP contribution in [0.5, 0.6) is 5.75 Å². The molecule has 3 nitrogen and oxygen atoms in total. The first-order valence-electron chi connectivity index (χ1n) is 7.01.